The number of piperazine rings is 1. The first kappa shape index (κ1) is 24.7. The van der Waals surface area contributed by atoms with E-state index in [-0.39, 0.29) is 17.9 Å². The molecule has 1 N–H and O–H groups in total. The van der Waals surface area contributed by atoms with Crippen LogP contribution in [0.3, 0.4) is 0 Å². The number of thiazole rings is 1. The zero-order chi connectivity index (χ0) is 25.4. The number of benzene rings is 1. The standard InChI is InChI=1S/C24H29N5O5S2/c1-15(17-12-22(30)25-13-17)34-21-11-16(10-19-23(21)35-14-26-19)18-4-5-20(24(27-18)33-2)28-6-8-29(9-7-28)36(3,31)32/h4-5,10-11,14-15,17H,6-9,12-13H2,1-3H3,(H,25,30). The number of carbonyl (C=O) groups is 1. The minimum atomic E-state index is -3.20. The molecule has 1 aromatic carbocycles. The van der Waals surface area contributed by atoms with E-state index in [0.29, 0.717) is 45.0 Å². The summed E-state index contributed by atoms with van der Waals surface area (Å²) < 4.78 is 38.1. The smallest absolute Gasteiger partial charge is 0.237 e. The van der Waals surface area contributed by atoms with E-state index in [4.69, 9.17) is 14.5 Å². The van der Waals surface area contributed by atoms with E-state index in [9.17, 15) is 13.2 Å². The van der Waals surface area contributed by atoms with Gasteiger partial charge in [-0.25, -0.2) is 18.4 Å². The average molecular weight is 532 g/mol. The molecule has 36 heavy (non-hydrogen) atoms. The number of pyridine rings is 1. The van der Waals surface area contributed by atoms with Crippen LogP contribution in [0.25, 0.3) is 21.5 Å². The third kappa shape index (κ3) is 4.97. The first-order valence-corrected chi connectivity index (χ1v) is 14.5. The molecule has 0 radical (unpaired) electrons. The summed E-state index contributed by atoms with van der Waals surface area (Å²) in [5, 5.41) is 2.87. The van der Waals surface area contributed by atoms with Crippen molar-refractivity contribution in [3.63, 3.8) is 0 Å². The number of methoxy groups -OCH3 is 1. The molecule has 4 heterocycles. The average Bonchev–Trinajstić information content (AvgIpc) is 3.52. The molecule has 0 aliphatic carbocycles. The van der Waals surface area contributed by atoms with Crippen LogP contribution in [0.4, 0.5) is 5.69 Å². The molecule has 12 heteroatoms. The van der Waals surface area contributed by atoms with E-state index in [2.05, 4.69) is 15.2 Å². The molecule has 0 spiro atoms. The summed E-state index contributed by atoms with van der Waals surface area (Å²) in [6, 6.07) is 7.84. The van der Waals surface area contributed by atoms with Crippen LogP contribution < -0.4 is 19.7 Å². The summed E-state index contributed by atoms with van der Waals surface area (Å²) in [7, 11) is -1.62. The molecule has 2 atom stereocenters. The van der Waals surface area contributed by atoms with E-state index in [1.165, 1.54) is 21.9 Å². The Hall–Kier alpha value is -2.96. The number of nitrogens with zero attached hydrogens (tertiary/aromatic N) is 4. The maximum absolute atomic E-state index is 11.8. The summed E-state index contributed by atoms with van der Waals surface area (Å²) >= 11 is 1.52. The molecule has 2 aromatic heterocycles. The van der Waals surface area contributed by atoms with Crippen molar-refractivity contribution in [2.24, 2.45) is 5.92 Å². The molecule has 2 aliphatic heterocycles. The van der Waals surface area contributed by atoms with Crippen LogP contribution in [-0.2, 0) is 14.8 Å². The van der Waals surface area contributed by atoms with Crippen molar-refractivity contribution < 1.29 is 22.7 Å². The van der Waals surface area contributed by atoms with Gasteiger partial charge in [-0.15, -0.1) is 11.3 Å². The van der Waals surface area contributed by atoms with Crippen LogP contribution in [0.1, 0.15) is 13.3 Å². The van der Waals surface area contributed by atoms with Crippen molar-refractivity contribution in [1.82, 2.24) is 19.6 Å². The first-order valence-electron chi connectivity index (χ1n) is 11.8. The molecule has 5 rings (SSSR count). The van der Waals surface area contributed by atoms with Gasteiger partial charge in [0.1, 0.15) is 11.9 Å². The Labute approximate surface area is 214 Å². The van der Waals surface area contributed by atoms with Gasteiger partial charge in [0.25, 0.3) is 0 Å². The maximum atomic E-state index is 11.8. The quantitative estimate of drug-likeness (QED) is 0.494. The predicted octanol–water partition coefficient (Wildman–Crippen LogP) is 2.35. The SMILES string of the molecule is COc1nc(-c2cc(OC(C)C3CNC(=O)C3)c3scnc3c2)ccc1N1CCN(S(C)(=O)=O)CC1. The highest BCUT2D eigenvalue weighted by Crippen LogP contribution is 2.37. The van der Waals surface area contributed by atoms with Crippen LogP contribution in [-0.4, -0.2) is 80.8 Å². The van der Waals surface area contributed by atoms with E-state index >= 15 is 0 Å². The topological polar surface area (TPSA) is 114 Å². The molecule has 10 nitrogen and oxygen atoms in total. The van der Waals surface area contributed by atoms with Crippen LogP contribution >= 0.6 is 11.3 Å². The molecule has 2 unspecified atom stereocenters. The number of hydrogen-bond donors (Lipinski definition) is 1. The molecular formula is C24H29N5O5S2. The number of fused-ring (bicyclic) bond motifs is 1. The summed E-state index contributed by atoms with van der Waals surface area (Å²) in [5.41, 5.74) is 5.01. The predicted molar refractivity (Wildman–Crippen MR) is 139 cm³/mol. The van der Waals surface area contributed by atoms with Crippen LogP contribution in [0.15, 0.2) is 29.8 Å². The lowest BCUT2D eigenvalue weighted by Gasteiger charge is -2.35. The molecule has 0 bridgehead atoms. The van der Waals surface area contributed by atoms with Crippen LogP contribution in [0, 0.1) is 5.92 Å². The number of anilines is 1. The highest BCUT2D eigenvalue weighted by atomic mass is 32.2. The zero-order valence-corrected chi connectivity index (χ0v) is 22.1. The number of nitrogens with one attached hydrogen (secondary N) is 1. The number of aromatic nitrogens is 2. The van der Waals surface area contributed by atoms with Gasteiger partial charge < -0.3 is 19.7 Å². The highest BCUT2D eigenvalue weighted by molar-refractivity contribution is 7.88. The van der Waals surface area contributed by atoms with Crippen molar-refractivity contribution in [1.29, 1.82) is 0 Å². The fourth-order valence-electron chi connectivity index (χ4n) is 4.67. The molecule has 3 aromatic rings. The molecule has 2 saturated heterocycles. The molecule has 2 aliphatic rings. The number of rotatable bonds is 7. The van der Waals surface area contributed by atoms with Crippen molar-refractivity contribution >= 4 is 43.2 Å². The van der Waals surface area contributed by atoms with E-state index < -0.39 is 10.0 Å². The second kappa shape index (κ2) is 9.83. The Kier molecular flexibility index (Phi) is 6.75. The van der Waals surface area contributed by atoms with Crippen molar-refractivity contribution in [2.45, 2.75) is 19.4 Å². The summed E-state index contributed by atoms with van der Waals surface area (Å²) in [6.45, 7) is 4.57. The molecular weight excluding hydrogens is 502 g/mol. The molecule has 192 valence electrons. The minimum absolute atomic E-state index is 0.0567. The maximum Gasteiger partial charge on any atom is 0.237 e. The van der Waals surface area contributed by atoms with Gasteiger partial charge in [0.2, 0.25) is 21.8 Å². The second-order valence-electron chi connectivity index (χ2n) is 9.14. The van der Waals surface area contributed by atoms with E-state index in [1.54, 1.807) is 12.6 Å². The van der Waals surface area contributed by atoms with Crippen molar-refractivity contribution in [2.75, 3.05) is 51.0 Å². The Morgan fingerprint density at radius 1 is 1.19 bits per heavy atom. The number of amides is 1. The third-order valence-corrected chi connectivity index (χ3v) is 8.92. The Morgan fingerprint density at radius 3 is 2.64 bits per heavy atom. The largest absolute Gasteiger partial charge is 0.489 e. The van der Waals surface area contributed by atoms with E-state index in [0.717, 1.165) is 32.9 Å². The van der Waals surface area contributed by atoms with Gasteiger partial charge in [-0.3, -0.25) is 4.79 Å². The fourth-order valence-corrected chi connectivity index (χ4v) is 6.23. The van der Waals surface area contributed by atoms with Gasteiger partial charge in [-0.1, -0.05) is 0 Å². The van der Waals surface area contributed by atoms with Crippen LogP contribution in [0.2, 0.25) is 0 Å². The minimum Gasteiger partial charge on any atom is -0.489 e. The van der Waals surface area contributed by atoms with Gasteiger partial charge in [-0.2, -0.15) is 4.31 Å². The molecule has 0 saturated carbocycles. The number of carbonyl (C=O) groups excluding carboxylic acids is 1. The summed E-state index contributed by atoms with van der Waals surface area (Å²) in [5.74, 6) is 1.37. The molecule has 1 amide bonds. The first-order chi connectivity index (χ1) is 17.2. The lowest BCUT2D eigenvalue weighted by molar-refractivity contribution is -0.119. The normalized spacial score (nSPS) is 19.9. The lowest BCUT2D eigenvalue weighted by Crippen LogP contribution is -2.48. The Balaban J connectivity index is 1.41. The van der Waals surface area contributed by atoms with Gasteiger partial charge in [0.15, 0.2) is 0 Å². The summed E-state index contributed by atoms with van der Waals surface area (Å²) in [6.07, 6.45) is 1.56. The third-order valence-electron chi connectivity index (χ3n) is 6.76. The zero-order valence-electron chi connectivity index (χ0n) is 20.4. The monoisotopic (exact) mass is 531 g/mol. The van der Waals surface area contributed by atoms with Gasteiger partial charge in [-0.05, 0) is 31.2 Å². The fraction of sp³-hybridized carbons (Fsp3) is 0.458. The highest BCUT2D eigenvalue weighted by Gasteiger charge is 2.29. The number of sulfonamides is 1. The second-order valence-corrected chi connectivity index (χ2v) is 12.0. The lowest BCUT2D eigenvalue weighted by atomic mass is 10.0. The van der Waals surface area contributed by atoms with E-state index in [1.807, 2.05) is 31.2 Å². The summed E-state index contributed by atoms with van der Waals surface area (Å²) in [4.78, 5) is 23.0. The van der Waals surface area contributed by atoms with Gasteiger partial charge in [0.05, 0.1) is 40.5 Å². The number of hydrogen-bond acceptors (Lipinski definition) is 9. The van der Waals surface area contributed by atoms with Crippen molar-refractivity contribution in [3.05, 3.63) is 29.8 Å². The van der Waals surface area contributed by atoms with Gasteiger partial charge in [0, 0.05) is 50.6 Å². The Morgan fingerprint density at radius 2 is 1.97 bits per heavy atom. The molecule has 2 fully saturated rings. The van der Waals surface area contributed by atoms with Crippen LogP contribution in [0.5, 0.6) is 11.6 Å². The van der Waals surface area contributed by atoms with Crippen molar-refractivity contribution in [3.8, 4) is 22.9 Å². The number of ether oxygens (including phenoxy) is 2. The van der Waals surface area contributed by atoms with Gasteiger partial charge >= 0.3 is 0 Å². The Bertz CT molecular complexity index is 1380.